The second-order valence-corrected chi connectivity index (χ2v) is 10.1. The molecule has 2 amide bonds. The van der Waals surface area contributed by atoms with E-state index in [1.165, 1.54) is 11.3 Å². The maximum Gasteiger partial charge on any atom is 0.253 e. The Balaban J connectivity index is 1.17. The number of hydrogen-bond acceptors (Lipinski definition) is 6. The van der Waals surface area contributed by atoms with E-state index < -0.39 is 5.41 Å². The van der Waals surface area contributed by atoms with Gasteiger partial charge in [0.25, 0.3) is 5.91 Å². The van der Waals surface area contributed by atoms with Gasteiger partial charge in [-0.25, -0.2) is 4.98 Å². The number of nitrogens with one attached hydrogen (secondary N) is 1. The first-order valence-electron chi connectivity index (χ1n) is 11.7. The molecule has 0 bridgehead atoms. The molecule has 2 aromatic carbocycles. The second kappa shape index (κ2) is 8.49. The van der Waals surface area contributed by atoms with Gasteiger partial charge in [0.1, 0.15) is 5.75 Å². The van der Waals surface area contributed by atoms with E-state index in [1.807, 2.05) is 52.4 Å². The van der Waals surface area contributed by atoms with Crippen LogP contribution < -0.4 is 9.64 Å². The van der Waals surface area contributed by atoms with Crippen LogP contribution in [-0.2, 0) is 4.79 Å². The van der Waals surface area contributed by atoms with E-state index >= 15 is 0 Å². The number of rotatable bonds is 4. The smallest absolute Gasteiger partial charge is 0.253 e. The summed E-state index contributed by atoms with van der Waals surface area (Å²) in [6.45, 7) is 1.84. The number of benzene rings is 2. The third-order valence-corrected chi connectivity index (χ3v) is 8.20. The Morgan fingerprint density at radius 2 is 1.94 bits per heavy atom. The molecule has 6 rings (SSSR count). The number of H-pyrrole nitrogens is 1. The second-order valence-electron chi connectivity index (χ2n) is 9.19. The minimum Gasteiger partial charge on any atom is -0.496 e. The van der Waals surface area contributed by atoms with Crippen LogP contribution in [0, 0.1) is 5.41 Å². The molecular formula is C26H25N5O3S. The molecule has 2 aliphatic heterocycles. The molecule has 0 atom stereocenters. The maximum atomic E-state index is 13.6. The molecule has 8 nitrogen and oxygen atoms in total. The topological polar surface area (TPSA) is 91.4 Å². The van der Waals surface area contributed by atoms with Crippen LogP contribution in [0.4, 0.5) is 5.69 Å². The summed E-state index contributed by atoms with van der Waals surface area (Å²) in [7, 11) is 1.63. The standard InChI is InChI=1S/C26H25N5O3S/c1-34-22-13-19(3-4-20(22)18-14-28-29-15-18)31-11-8-26(25(31)33)6-9-30(10-7-26)24(32)17-2-5-21-23(12-17)35-16-27-21/h2-5,12-16H,6-11H2,1H3,(H,28,29). The third-order valence-electron chi connectivity index (χ3n) is 7.40. The van der Waals surface area contributed by atoms with Gasteiger partial charge in [-0.05, 0) is 49.6 Å². The van der Waals surface area contributed by atoms with Gasteiger partial charge >= 0.3 is 0 Å². The number of piperidine rings is 1. The number of carbonyl (C=O) groups is 2. The molecule has 0 unspecified atom stereocenters. The molecule has 178 valence electrons. The van der Waals surface area contributed by atoms with Crippen molar-refractivity contribution in [2.24, 2.45) is 5.41 Å². The van der Waals surface area contributed by atoms with Gasteiger partial charge in [0.05, 0.1) is 34.4 Å². The van der Waals surface area contributed by atoms with E-state index in [-0.39, 0.29) is 11.8 Å². The van der Waals surface area contributed by atoms with Crippen molar-refractivity contribution in [3.63, 3.8) is 0 Å². The highest BCUT2D eigenvalue weighted by Gasteiger charge is 2.49. The van der Waals surface area contributed by atoms with Gasteiger partial charge in [-0.3, -0.25) is 14.7 Å². The Kier molecular flexibility index (Phi) is 5.29. The molecule has 1 N–H and O–H groups in total. The number of carbonyl (C=O) groups excluding carboxylic acids is 2. The Hall–Kier alpha value is -3.72. The fourth-order valence-electron chi connectivity index (χ4n) is 5.32. The lowest BCUT2D eigenvalue weighted by molar-refractivity contribution is -0.127. The molecule has 2 aliphatic rings. The van der Waals surface area contributed by atoms with Crippen LogP contribution in [0.25, 0.3) is 21.3 Å². The maximum absolute atomic E-state index is 13.6. The van der Waals surface area contributed by atoms with Gasteiger partial charge in [-0.2, -0.15) is 5.10 Å². The number of anilines is 1. The van der Waals surface area contributed by atoms with Crippen molar-refractivity contribution >= 4 is 39.1 Å². The summed E-state index contributed by atoms with van der Waals surface area (Å²) in [5.74, 6) is 0.877. The van der Waals surface area contributed by atoms with Crippen molar-refractivity contribution in [3.05, 3.63) is 59.9 Å². The summed E-state index contributed by atoms with van der Waals surface area (Å²) in [6.07, 6.45) is 5.73. The van der Waals surface area contributed by atoms with Crippen LogP contribution in [0.5, 0.6) is 5.75 Å². The molecule has 1 spiro atoms. The Labute approximate surface area is 206 Å². The summed E-state index contributed by atoms with van der Waals surface area (Å²) >= 11 is 1.54. The SMILES string of the molecule is COc1cc(N2CCC3(CCN(C(=O)c4ccc5ncsc5c4)CC3)C2=O)ccc1-c1cn[nH]c1. The number of aromatic amines is 1. The summed E-state index contributed by atoms with van der Waals surface area (Å²) in [5.41, 5.74) is 5.68. The highest BCUT2D eigenvalue weighted by Crippen LogP contribution is 2.44. The number of hydrogen-bond donors (Lipinski definition) is 1. The predicted octanol–water partition coefficient (Wildman–Crippen LogP) is 4.35. The lowest BCUT2D eigenvalue weighted by Crippen LogP contribution is -2.46. The number of methoxy groups -OCH3 is 1. The predicted molar refractivity (Wildman–Crippen MR) is 135 cm³/mol. The monoisotopic (exact) mass is 487 g/mol. The van der Waals surface area contributed by atoms with Gasteiger partial charge in [0.2, 0.25) is 5.91 Å². The number of thiazole rings is 1. The van der Waals surface area contributed by atoms with Crippen LogP contribution in [0.2, 0.25) is 0 Å². The van der Waals surface area contributed by atoms with Crippen molar-refractivity contribution < 1.29 is 14.3 Å². The first kappa shape index (κ1) is 21.8. The molecule has 2 aromatic heterocycles. The van der Waals surface area contributed by atoms with Gasteiger partial charge in [0, 0.05) is 54.3 Å². The van der Waals surface area contributed by atoms with Crippen molar-refractivity contribution in [1.82, 2.24) is 20.1 Å². The van der Waals surface area contributed by atoms with E-state index in [0.717, 1.165) is 33.5 Å². The summed E-state index contributed by atoms with van der Waals surface area (Å²) < 4.78 is 6.63. The van der Waals surface area contributed by atoms with E-state index in [4.69, 9.17) is 4.74 Å². The number of nitrogens with zero attached hydrogens (tertiary/aromatic N) is 4. The molecule has 0 saturated carbocycles. The van der Waals surface area contributed by atoms with E-state index in [9.17, 15) is 9.59 Å². The summed E-state index contributed by atoms with van der Waals surface area (Å²) in [5, 5.41) is 6.84. The minimum atomic E-state index is -0.408. The van der Waals surface area contributed by atoms with Crippen LogP contribution in [-0.4, -0.2) is 58.6 Å². The highest BCUT2D eigenvalue weighted by atomic mass is 32.1. The molecule has 4 heterocycles. The number of fused-ring (bicyclic) bond motifs is 1. The number of aromatic nitrogens is 3. The molecule has 0 radical (unpaired) electrons. The lowest BCUT2D eigenvalue weighted by atomic mass is 9.77. The highest BCUT2D eigenvalue weighted by molar-refractivity contribution is 7.16. The zero-order chi connectivity index (χ0) is 24.0. The lowest BCUT2D eigenvalue weighted by Gasteiger charge is -2.38. The zero-order valence-electron chi connectivity index (χ0n) is 19.4. The van der Waals surface area contributed by atoms with Gasteiger partial charge < -0.3 is 14.5 Å². The molecule has 4 aromatic rings. The van der Waals surface area contributed by atoms with Crippen LogP contribution in [0.15, 0.2) is 54.3 Å². The van der Waals surface area contributed by atoms with E-state index in [0.29, 0.717) is 43.8 Å². The molecule has 0 aliphatic carbocycles. The first-order chi connectivity index (χ1) is 17.1. The number of amides is 2. The summed E-state index contributed by atoms with van der Waals surface area (Å²) in [4.78, 5) is 34.8. The number of ether oxygens (including phenoxy) is 1. The van der Waals surface area contributed by atoms with Crippen molar-refractivity contribution in [2.75, 3.05) is 31.6 Å². The van der Waals surface area contributed by atoms with E-state index in [1.54, 1.807) is 18.8 Å². The minimum absolute atomic E-state index is 0.0250. The quantitative estimate of drug-likeness (QED) is 0.462. The van der Waals surface area contributed by atoms with E-state index in [2.05, 4.69) is 15.2 Å². The average molecular weight is 488 g/mol. The normalized spacial score (nSPS) is 17.5. The molecular weight excluding hydrogens is 462 g/mol. The Morgan fingerprint density at radius 3 is 2.71 bits per heavy atom. The summed E-state index contributed by atoms with van der Waals surface area (Å²) in [6, 6.07) is 11.5. The zero-order valence-corrected chi connectivity index (χ0v) is 20.2. The van der Waals surface area contributed by atoms with Gasteiger partial charge in [-0.15, -0.1) is 11.3 Å². The van der Waals surface area contributed by atoms with Crippen molar-refractivity contribution in [1.29, 1.82) is 0 Å². The average Bonchev–Trinajstić information content (AvgIpc) is 3.65. The fourth-order valence-corrected chi connectivity index (χ4v) is 6.04. The molecule has 2 fully saturated rings. The molecule has 35 heavy (non-hydrogen) atoms. The van der Waals surface area contributed by atoms with Crippen molar-refractivity contribution in [2.45, 2.75) is 19.3 Å². The molecule has 9 heteroatoms. The van der Waals surface area contributed by atoms with Crippen LogP contribution >= 0.6 is 11.3 Å². The Morgan fingerprint density at radius 1 is 1.11 bits per heavy atom. The van der Waals surface area contributed by atoms with Crippen molar-refractivity contribution in [3.8, 4) is 16.9 Å². The van der Waals surface area contributed by atoms with Gasteiger partial charge in [0.15, 0.2) is 0 Å². The van der Waals surface area contributed by atoms with Gasteiger partial charge in [-0.1, -0.05) is 0 Å². The third kappa shape index (κ3) is 3.67. The Bertz CT molecular complexity index is 1410. The fraction of sp³-hybridized carbons (Fsp3) is 0.308. The largest absolute Gasteiger partial charge is 0.496 e. The first-order valence-corrected chi connectivity index (χ1v) is 12.6. The molecule has 2 saturated heterocycles. The van der Waals surface area contributed by atoms with Crippen LogP contribution in [0.3, 0.4) is 0 Å². The number of likely N-dealkylation sites (tertiary alicyclic amines) is 1. The van der Waals surface area contributed by atoms with Crippen LogP contribution in [0.1, 0.15) is 29.6 Å².